The lowest BCUT2D eigenvalue weighted by atomic mass is 10.1. The van der Waals surface area contributed by atoms with Crippen LogP contribution in [0.5, 0.6) is 5.75 Å². The minimum atomic E-state index is 0.613. The highest BCUT2D eigenvalue weighted by atomic mass is 16.5. The zero-order valence-corrected chi connectivity index (χ0v) is 15.0. The van der Waals surface area contributed by atoms with E-state index in [1.54, 1.807) is 11.8 Å². The van der Waals surface area contributed by atoms with Crippen molar-refractivity contribution in [3.05, 3.63) is 47.3 Å². The molecule has 24 heavy (non-hydrogen) atoms. The van der Waals surface area contributed by atoms with Gasteiger partial charge in [-0.3, -0.25) is 4.68 Å². The van der Waals surface area contributed by atoms with E-state index >= 15 is 0 Å². The van der Waals surface area contributed by atoms with Gasteiger partial charge >= 0.3 is 0 Å². The number of methoxy groups -OCH3 is 1. The molecule has 0 aliphatic carbocycles. The highest BCUT2D eigenvalue weighted by Gasteiger charge is 2.02. The zero-order valence-electron chi connectivity index (χ0n) is 15.0. The molecule has 0 saturated heterocycles. The average Bonchev–Trinajstić information content (AvgIpc) is 2.99. The molecule has 6 heteroatoms. The Morgan fingerprint density at radius 1 is 1.29 bits per heavy atom. The number of nitrogens with one attached hydrogen (secondary N) is 2. The molecule has 0 aliphatic rings. The molecule has 0 spiro atoms. The highest BCUT2D eigenvalue weighted by molar-refractivity contribution is 5.79. The first-order chi connectivity index (χ1) is 11.6. The van der Waals surface area contributed by atoms with E-state index in [1.165, 1.54) is 5.56 Å². The van der Waals surface area contributed by atoms with Crippen molar-refractivity contribution in [3.8, 4) is 5.75 Å². The van der Waals surface area contributed by atoms with Crippen LogP contribution < -0.4 is 15.4 Å². The Balaban J connectivity index is 1.89. The molecule has 0 aliphatic heterocycles. The smallest absolute Gasteiger partial charge is 0.191 e. The van der Waals surface area contributed by atoms with Crippen molar-refractivity contribution in [3.63, 3.8) is 0 Å². The number of aliphatic imine (C=N–C) groups is 1. The molecular formula is C18H27N5O. The molecule has 2 aromatic rings. The molecule has 2 N–H and O–H groups in total. The van der Waals surface area contributed by atoms with Crippen LogP contribution >= 0.6 is 0 Å². The van der Waals surface area contributed by atoms with Crippen LogP contribution in [0.15, 0.2) is 35.6 Å². The standard InChI is InChI=1S/C18H27N5O/c1-5-19-18(21-11-16-12-22-23(3)13-16)20-9-8-15-7-6-14(2)17(10-15)24-4/h6-7,10,12-13H,5,8-9,11H2,1-4H3,(H2,19,20,21). The number of rotatable bonds is 7. The van der Waals surface area contributed by atoms with E-state index < -0.39 is 0 Å². The van der Waals surface area contributed by atoms with Crippen LogP contribution in [-0.4, -0.2) is 35.9 Å². The van der Waals surface area contributed by atoms with Crippen molar-refractivity contribution in [2.24, 2.45) is 12.0 Å². The molecule has 6 nitrogen and oxygen atoms in total. The van der Waals surface area contributed by atoms with Crippen molar-refractivity contribution in [1.82, 2.24) is 20.4 Å². The average molecular weight is 329 g/mol. The second kappa shape index (κ2) is 8.96. The van der Waals surface area contributed by atoms with Crippen LogP contribution in [0, 0.1) is 6.92 Å². The lowest BCUT2D eigenvalue weighted by molar-refractivity contribution is 0.411. The summed E-state index contributed by atoms with van der Waals surface area (Å²) >= 11 is 0. The summed E-state index contributed by atoms with van der Waals surface area (Å²) in [5, 5.41) is 10.8. The summed E-state index contributed by atoms with van der Waals surface area (Å²) < 4.78 is 7.16. The van der Waals surface area contributed by atoms with E-state index in [2.05, 4.69) is 52.8 Å². The van der Waals surface area contributed by atoms with Gasteiger partial charge in [-0.05, 0) is 37.5 Å². The number of benzene rings is 1. The lowest BCUT2D eigenvalue weighted by Crippen LogP contribution is -2.38. The molecule has 0 bridgehead atoms. The molecule has 2 rings (SSSR count). The molecular weight excluding hydrogens is 302 g/mol. The largest absolute Gasteiger partial charge is 0.496 e. The monoisotopic (exact) mass is 329 g/mol. The van der Waals surface area contributed by atoms with Crippen LogP contribution in [-0.2, 0) is 20.0 Å². The lowest BCUT2D eigenvalue weighted by Gasteiger charge is -2.12. The van der Waals surface area contributed by atoms with Crippen molar-refractivity contribution in [2.45, 2.75) is 26.8 Å². The van der Waals surface area contributed by atoms with Gasteiger partial charge in [0, 0.05) is 31.9 Å². The summed E-state index contributed by atoms with van der Waals surface area (Å²) in [4.78, 5) is 4.59. The Morgan fingerprint density at radius 2 is 2.12 bits per heavy atom. The van der Waals surface area contributed by atoms with E-state index in [0.717, 1.165) is 42.3 Å². The summed E-state index contributed by atoms with van der Waals surface area (Å²) in [5.41, 5.74) is 3.49. The zero-order chi connectivity index (χ0) is 17.4. The third-order valence-corrected chi connectivity index (χ3v) is 3.70. The maximum Gasteiger partial charge on any atom is 0.191 e. The molecule has 0 saturated carbocycles. The molecule has 0 amide bonds. The van der Waals surface area contributed by atoms with Crippen molar-refractivity contribution < 1.29 is 4.74 Å². The second-order valence-electron chi connectivity index (χ2n) is 5.70. The van der Waals surface area contributed by atoms with Crippen LogP contribution in [0.2, 0.25) is 0 Å². The number of ether oxygens (including phenoxy) is 1. The first-order valence-corrected chi connectivity index (χ1v) is 8.25. The first-order valence-electron chi connectivity index (χ1n) is 8.25. The highest BCUT2D eigenvalue weighted by Crippen LogP contribution is 2.18. The summed E-state index contributed by atoms with van der Waals surface area (Å²) in [6, 6.07) is 6.33. The summed E-state index contributed by atoms with van der Waals surface area (Å²) in [6.45, 7) is 6.37. The van der Waals surface area contributed by atoms with Crippen LogP contribution in [0.1, 0.15) is 23.6 Å². The van der Waals surface area contributed by atoms with Crippen molar-refractivity contribution >= 4 is 5.96 Å². The fourth-order valence-electron chi connectivity index (χ4n) is 2.41. The number of hydrogen-bond donors (Lipinski definition) is 2. The Bertz CT molecular complexity index is 678. The van der Waals surface area contributed by atoms with Gasteiger partial charge in [0.25, 0.3) is 0 Å². The van der Waals surface area contributed by atoms with Gasteiger partial charge < -0.3 is 15.4 Å². The first kappa shape index (κ1) is 17.8. The summed E-state index contributed by atoms with van der Waals surface area (Å²) in [6.07, 6.45) is 4.73. The predicted molar refractivity (Wildman–Crippen MR) is 97.5 cm³/mol. The van der Waals surface area contributed by atoms with Gasteiger partial charge in [-0.25, -0.2) is 4.99 Å². The molecule has 0 unspecified atom stereocenters. The molecule has 1 heterocycles. The van der Waals surface area contributed by atoms with Crippen LogP contribution in [0.4, 0.5) is 0 Å². The van der Waals surface area contributed by atoms with Gasteiger partial charge in [0.15, 0.2) is 5.96 Å². The fraction of sp³-hybridized carbons (Fsp3) is 0.444. The SMILES string of the molecule is CCNC(=NCc1cnn(C)c1)NCCc1ccc(C)c(OC)c1. The third-order valence-electron chi connectivity index (χ3n) is 3.70. The Morgan fingerprint density at radius 3 is 2.79 bits per heavy atom. The summed E-state index contributed by atoms with van der Waals surface area (Å²) in [7, 11) is 3.62. The number of aromatic nitrogens is 2. The maximum atomic E-state index is 5.38. The Labute approximate surface area is 143 Å². The Hall–Kier alpha value is -2.50. The van der Waals surface area contributed by atoms with Gasteiger partial charge in [-0.1, -0.05) is 12.1 Å². The van der Waals surface area contributed by atoms with E-state index in [0.29, 0.717) is 6.54 Å². The summed E-state index contributed by atoms with van der Waals surface area (Å²) in [5.74, 6) is 1.75. The fourth-order valence-corrected chi connectivity index (χ4v) is 2.41. The molecule has 1 aromatic carbocycles. The molecule has 130 valence electrons. The predicted octanol–water partition coefficient (Wildman–Crippen LogP) is 2.03. The topological polar surface area (TPSA) is 63.5 Å². The van der Waals surface area contributed by atoms with Crippen LogP contribution in [0.25, 0.3) is 0 Å². The van der Waals surface area contributed by atoms with Gasteiger partial charge in [0.05, 0.1) is 19.9 Å². The third kappa shape index (κ3) is 5.30. The Kier molecular flexibility index (Phi) is 6.66. The normalized spacial score (nSPS) is 11.4. The van der Waals surface area contributed by atoms with Crippen molar-refractivity contribution in [1.29, 1.82) is 0 Å². The van der Waals surface area contributed by atoms with Gasteiger partial charge in [-0.15, -0.1) is 0 Å². The van der Waals surface area contributed by atoms with Crippen molar-refractivity contribution in [2.75, 3.05) is 20.2 Å². The van der Waals surface area contributed by atoms with Gasteiger partial charge in [0.2, 0.25) is 0 Å². The molecule has 0 radical (unpaired) electrons. The number of aryl methyl sites for hydroxylation is 2. The number of nitrogens with zero attached hydrogens (tertiary/aromatic N) is 3. The van der Waals surface area contributed by atoms with Gasteiger partial charge in [0.1, 0.15) is 5.75 Å². The van der Waals surface area contributed by atoms with Crippen LogP contribution in [0.3, 0.4) is 0 Å². The van der Waals surface area contributed by atoms with E-state index in [1.807, 2.05) is 19.4 Å². The van der Waals surface area contributed by atoms with E-state index in [9.17, 15) is 0 Å². The molecule has 0 fully saturated rings. The number of hydrogen-bond acceptors (Lipinski definition) is 3. The minimum Gasteiger partial charge on any atom is -0.496 e. The quantitative estimate of drug-likeness (QED) is 0.603. The molecule has 0 atom stereocenters. The maximum absolute atomic E-state index is 5.38. The second-order valence-corrected chi connectivity index (χ2v) is 5.70. The van der Waals surface area contributed by atoms with E-state index in [4.69, 9.17) is 4.74 Å². The minimum absolute atomic E-state index is 0.613. The number of guanidine groups is 1. The van der Waals surface area contributed by atoms with Gasteiger partial charge in [-0.2, -0.15) is 5.10 Å². The molecule has 1 aromatic heterocycles. The van der Waals surface area contributed by atoms with E-state index in [-0.39, 0.29) is 0 Å².